The van der Waals surface area contributed by atoms with E-state index in [1.54, 1.807) is 0 Å². The summed E-state index contributed by atoms with van der Waals surface area (Å²) in [4.78, 5) is 11.3. The van der Waals surface area contributed by atoms with Crippen LogP contribution in [0.5, 0.6) is 0 Å². The molecular weight excluding hydrogens is 226 g/mol. The van der Waals surface area contributed by atoms with E-state index in [0.29, 0.717) is 6.54 Å². The van der Waals surface area contributed by atoms with Crippen LogP contribution in [0.4, 0.5) is 19.3 Å². The van der Waals surface area contributed by atoms with E-state index in [2.05, 4.69) is 10.6 Å². The van der Waals surface area contributed by atoms with Gasteiger partial charge in [-0.15, -0.1) is 0 Å². The Bertz CT molecular complexity index is 408. The van der Waals surface area contributed by atoms with E-state index in [1.165, 1.54) is 13.0 Å². The molecule has 0 unspecified atom stereocenters. The van der Waals surface area contributed by atoms with Crippen molar-refractivity contribution in [2.75, 3.05) is 11.9 Å². The summed E-state index contributed by atoms with van der Waals surface area (Å²) in [6.07, 6.45) is 1.76. The number of carbonyl (C=O) groups excluding carboxylic acids is 1. The van der Waals surface area contributed by atoms with Crippen molar-refractivity contribution in [3.8, 4) is 0 Å². The van der Waals surface area contributed by atoms with Crippen molar-refractivity contribution >= 4 is 11.7 Å². The Morgan fingerprint density at radius 2 is 2.06 bits per heavy atom. The van der Waals surface area contributed by atoms with E-state index >= 15 is 0 Å². The summed E-state index contributed by atoms with van der Waals surface area (Å²) < 4.78 is 26.8. The number of aryl methyl sites for hydroxylation is 1. The molecule has 0 spiro atoms. The molecule has 1 aromatic carbocycles. The van der Waals surface area contributed by atoms with Crippen molar-refractivity contribution in [1.29, 1.82) is 0 Å². The topological polar surface area (TPSA) is 41.1 Å². The molecule has 0 aliphatic carbocycles. The van der Waals surface area contributed by atoms with E-state index < -0.39 is 23.4 Å². The third-order valence-corrected chi connectivity index (χ3v) is 2.34. The molecule has 0 saturated heterocycles. The molecule has 0 atom stereocenters. The van der Waals surface area contributed by atoms with Gasteiger partial charge in [0.15, 0.2) is 5.82 Å². The number of carbonyl (C=O) groups is 1. The zero-order valence-electron chi connectivity index (χ0n) is 9.94. The molecule has 0 fully saturated rings. The predicted octanol–water partition coefficient (Wildman–Crippen LogP) is 3.19. The molecule has 0 aliphatic rings. The minimum Gasteiger partial charge on any atom is -0.338 e. The fourth-order valence-electron chi connectivity index (χ4n) is 1.31. The van der Waals surface area contributed by atoms with Crippen molar-refractivity contribution in [2.24, 2.45) is 0 Å². The Balaban J connectivity index is 2.68. The normalized spacial score (nSPS) is 10.1. The minimum atomic E-state index is -0.779. The fourth-order valence-corrected chi connectivity index (χ4v) is 1.31. The van der Waals surface area contributed by atoms with Crippen molar-refractivity contribution in [2.45, 2.75) is 26.7 Å². The second-order valence-corrected chi connectivity index (χ2v) is 3.79. The van der Waals surface area contributed by atoms with Gasteiger partial charge in [0.2, 0.25) is 0 Å². The number of hydrogen-bond acceptors (Lipinski definition) is 1. The summed E-state index contributed by atoms with van der Waals surface area (Å²) in [5.41, 5.74) is -0.116. The Hall–Kier alpha value is -1.65. The van der Waals surface area contributed by atoms with Crippen molar-refractivity contribution in [3.05, 3.63) is 29.3 Å². The van der Waals surface area contributed by atoms with Crippen molar-refractivity contribution in [3.63, 3.8) is 0 Å². The predicted molar refractivity (Wildman–Crippen MR) is 63.0 cm³/mol. The van der Waals surface area contributed by atoms with Crippen LogP contribution < -0.4 is 10.6 Å². The van der Waals surface area contributed by atoms with Crippen LogP contribution in [0.2, 0.25) is 0 Å². The van der Waals surface area contributed by atoms with Crippen LogP contribution >= 0.6 is 0 Å². The minimum absolute atomic E-state index is 0.287. The Morgan fingerprint density at radius 3 is 2.71 bits per heavy atom. The maximum Gasteiger partial charge on any atom is 0.319 e. The highest BCUT2D eigenvalue weighted by Gasteiger charge is 2.13. The zero-order valence-corrected chi connectivity index (χ0v) is 9.94. The quantitative estimate of drug-likeness (QED) is 0.782. The Labute approximate surface area is 99.2 Å². The lowest BCUT2D eigenvalue weighted by Crippen LogP contribution is -2.30. The number of nitrogens with one attached hydrogen (secondary N) is 2. The number of anilines is 1. The third-order valence-electron chi connectivity index (χ3n) is 2.34. The Kier molecular flexibility index (Phi) is 4.87. The summed E-state index contributed by atoms with van der Waals surface area (Å²) in [6.45, 7) is 3.98. The smallest absolute Gasteiger partial charge is 0.319 e. The van der Waals surface area contributed by atoms with Gasteiger partial charge in [-0.3, -0.25) is 0 Å². The molecule has 0 heterocycles. The van der Waals surface area contributed by atoms with Crippen molar-refractivity contribution < 1.29 is 13.6 Å². The van der Waals surface area contributed by atoms with Crippen LogP contribution in [-0.4, -0.2) is 12.6 Å². The van der Waals surface area contributed by atoms with E-state index in [-0.39, 0.29) is 5.56 Å². The monoisotopic (exact) mass is 242 g/mol. The second kappa shape index (κ2) is 6.18. The van der Waals surface area contributed by atoms with Crippen LogP contribution in [0.1, 0.15) is 25.3 Å². The van der Waals surface area contributed by atoms with Gasteiger partial charge >= 0.3 is 6.03 Å². The van der Waals surface area contributed by atoms with Gasteiger partial charge in [0.05, 0.1) is 0 Å². The molecule has 0 saturated carbocycles. The van der Waals surface area contributed by atoms with Gasteiger partial charge in [0.1, 0.15) is 11.5 Å². The average molecular weight is 242 g/mol. The number of hydrogen-bond donors (Lipinski definition) is 2. The fraction of sp³-hybridized carbons (Fsp3) is 0.417. The molecular formula is C12H16F2N2O. The summed E-state index contributed by atoms with van der Waals surface area (Å²) >= 11 is 0. The molecule has 2 amide bonds. The van der Waals surface area contributed by atoms with Gasteiger partial charge < -0.3 is 10.6 Å². The maximum atomic E-state index is 13.5. The molecule has 0 aliphatic heterocycles. The first-order chi connectivity index (χ1) is 8.06. The van der Waals surface area contributed by atoms with Gasteiger partial charge in [0, 0.05) is 6.54 Å². The highest BCUT2D eigenvalue weighted by atomic mass is 19.1. The van der Waals surface area contributed by atoms with Gasteiger partial charge in [-0.1, -0.05) is 19.4 Å². The molecule has 0 radical (unpaired) electrons. The van der Waals surface area contributed by atoms with E-state index in [0.717, 1.165) is 18.9 Å². The van der Waals surface area contributed by atoms with Gasteiger partial charge in [-0.2, -0.15) is 0 Å². The van der Waals surface area contributed by atoms with Gasteiger partial charge in [0.25, 0.3) is 0 Å². The molecule has 0 bridgehead atoms. The number of unbranched alkanes of at least 4 members (excludes halogenated alkanes) is 1. The molecule has 5 heteroatoms. The number of halogens is 2. The first kappa shape index (κ1) is 13.4. The molecule has 17 heavy (non-hydrogen) atoms. The molecule has 94 valence electrons. The van der Waals surface area contributed by atoms with Gasteiger partial charge in [-0.25, -0.2) is 13.6 Å². The number of rotatable bonds is 4. The molecule has 2 N–H and O–H groups in total. The summed E-state index contributed by atoms with van der Waals surface area (Å²) in [7, 11) is 0. The molecule has 1 aromatic rings. The lowest BCUT2D eigenvalue weighted by atomic mass is 10.2. The molecule has 3 nitrogen and oxygen atoms in total. The lowest BCUT2D eigenvalue weighted by molar-refractivity contribution is 0.251. The Morgan fingerprint density at radius 1 is 1.35 bits per heavy atom. The molecule has 1 rings (SSSR count). The van der Waals surface area contributed by atoms with Crippen LogP contribution in [0.15, 0.2) is 12.1 Å². The number of benzene rings is 1. The summed E-state index contributed by atoms with van der Waals surface area (Å²) in [5.74, 6) is -1.52. The third kappa shape index (κ3) is 3.69. The van der Waals surface area contributed by atoms with Gasteiger partial charge in [-0.05, 0) is 25.0 Å². The SMILES string of the molecule is CCCCNC(=O)Nc1c(F)ccc(C)c1F. The highest BCUT2D eigenvalue weighted by molar-refractivity contribution is 5.89. The average Bonchev–Trinajstić information content (AvgIpc) is 2.30. The van der Waals surface area contributed by atoms with E-state index in [4.69, 9.17) is 0 Å². The zero-order chi connectivity index (χ0) is 12.8. The number of urea groups is 1. The standard InChI is InChI=1S/C12H16F2N2O/c1-3-4-7-15-12(17)16-11-9(13)6-5-8(2)10(11)14/h5-6H,3-4,7H2,1-2H3,(H2,15,16,17). The van der Waals surface area contributed by atoms with Crippen LogP contribution in [-0.2, 0) is 0 Å². The molecule has 0 aromatic heterocycles. The second-order valence-electron chi connectivity index (χ2n) is 3.79. The van der Waals surface area contributed by atoms with E-state index in [9.17, 15) is 13.6 Å². The maximum absolute atomic E-state index is 13.5. The summed E-state index contributed by atoms with van der Waals surface area (Å²) in [5, 5.41) is 4.70. The van der Waals surface area contributed by atoms with E-state index in [1.807, 2.05) is 6.92 Å². The largest absolute Gasteiger partial charge is 0.338 e. The van der Waals surface area contributed by atoms with Crippen LogP contribution in [0.3, 0.4) is 0 Å². The van der Waals surface area contributed by atoms with Crippen LogP contribution in [0.25, 0.3) is 0 Å². The first-order valence-electron chi connectivity index (χ1n) is 5.55. The highest BCUT2D eigenvalue weighted by Crippen LogP contribution is 2.21. The lowest BCUT2D eigenvalue weighted by Gasteiger charge is -2.10. The summed E-state index contributed by atoms with van der Waals surface area (Å²) in [6, 6.07) is 1.85. The first-order valence-corrected chi connectivity index (χ1v) is 5.55. The van der Waals surface area contributed by atoms with Crippen molar-refractivity contribution in [1.82, 2.24) is 5.32 Å². The van der Waals surface area contributed by atoms with Crippen LogP contribution in [0, 0.1) is 18.6 Å². The number of amides is 2.